The van der Waals surface area contributed by atoms with Crippen LogP contribution < -0.4 is 0 Å². The Morgan fingerprint density at radius 3 is 2.47 bits per heavy atom. The Balaban J connectivity index is 2.76. The first kappa shape index (κ1) is 11.9. The van der Waals surface area contributed by atoms with Gasteiger partial charge in [-0.1, -0.05) is 0 Å². The van der Waals surface area contributed by atoms with Gasteiger partial charge in [-0.3, -0.25) is 4.79 Å². The fourth-order valence-corrected chi connectivity index (χ4v) is 1.21. The van der Waals surface area contributed by atoms with Gasteiger partial charge >= 0.3 is 0 Å². The van der Waals surface area contributed by atoms with Crippen molar-refractivity contribution in [3.8, 4) is 0 Å². The highest BCUT2D eigenvalue weighted by atomic mass is 16.7. The molecule has 1 heterocycles. The molecule has 0 saturated heterocycles. The van der Waals surface area contributed by atoms with Crippen molar-refractivity contribution in [2.45, 2.75) is 20.1 Å². The SMILES string of the molecule is CCOC(OCC)C(=O)c1nccn1C. The van der Waals surface area contributed by atoms with Crippen LogP contribution in [0.3, 0.4) is 0 Å². The Morgan fingerprint density at radius 1 is 1.47 bits per heavy atom. The summed E-state index contributed by atoms with van der Waals surface area (Å²) in [5.41, 5.74) is 0. The average molecular weight is 212 g/mol. The third kappa shape index (κ3) is 2.87. The van der Waals surface area contributed by atoms with Crippen molar-refractivity contribution < 1.29 is 14.3 Å². The quantitative estimate of drug-likeness (QED) is 0.521. The van der Waals surface area contributed by atoms with Crippen LogP contribution in [0.5, 0.6) is 0 Å². The zero-order chi connectivity index (χ0) is 11.3. The summed E-state index contributed by atoms with van der Waals surface area (Å²) in [6.07, 6.45) is 2.44. The first-order chi connectivity index (χ1) is 7.20. The molecular formula is C10H16N2O3. The van der Waals surface area contributed by atoms with Gasteiger partial charge in [0.15, 0.2) is 5.82 Å². The molecule has 0 aliphatic heterocycles. The molecular weight excluding hydrogens is 196 g/mol. The second kappa shape index (κ2) is 5.63. The van der Waals surface area contributed by atoms with Gasteiger partial charge in [-0.05, 0) is 13.8 Å². The molecule has 0 saturated carbocycles. The van der Waals surface area contributed by atoms with Crippen LogP contribution in [-0.2, 0) is 16.5 Å². The van der Waals surface area contributed by atoms with Crippen molar-refractivity contribution in [1.82, 2.24) is 9.55 Å². The Morgan fingerprint density at radius 2 is 2.07 bits per heavy atom. The van der Waals surface area contributed by atoms with E-state index in [9.17, 15) is 4.79 Å². The molecule has 0 aromatic carbocycles. The topological polar surface area (TPSA) is 53.4 Å². The Bertz CT molecular complexity index is 316. The van der Waals surface area contributed by atoms with E-state index in [-0.39, 0.29) is 5.78 Å². The number of hydrogen-bond donors (Lipinski definition) is 0. The zero-order valence-corrected chi connectivity index (χ0v) is 9.27. The minimum Gasteiger partial charge on any atom is -0.346 e. The lowest BCUT2D eigenvalue weighted by Crippen LogP contribution is -2.29. The molecule has 0 fully saturated rings. The highest BCUT2D eigenvalue weighted by Crippen LogP contribution is 2.05. The van der Waals surface area contributed by atoms with Gasteiger partial charge in [0.1, 0.15) is 0 Å². The number of rotatable bonds is 6. The number of Topliss-reactive ketones (excluding diaryl/α,β-unsaturated/α-hetero) is 1. The standard InChI is InChI=1S/C10H16N2O3/c1-4-14-10(15-5-2)8(13)9-11-6-7-12(9)3/h6-7,10H,4-5H2,1-3H3. The summed E-state index contributed by atoms with van der Waals surface area (Å²) in [4.78, 5) is 15.8. The van der Waals surface area contributed by atoms with Gasteiger partial charge in [-0.2, -0.15) is 0 Å². The van der Waals surface area contributed by atoms with E-state index in [1.165, 1.54) is 0 Å². The average Bonchev–Trinajstić information content (AvgIpc) is 2.63. The number of nitrogens with zero attached hydrogens (tertiary/aromatic N) is 2. The maximum atomic E-state index is 11.9. The van der Waals surface area contributed by atoms with Crippen LogP contribution in [0.1, 0.15) is 24.5 Å². The van der Waals surface area contributed by atoms with Crippen LogP contribution in [0.15, 0.2) is 12.4 Å². The zero-order valence-electron chi connectivity index (χ0n) is 9.27. The summed E-state index contributed by atoms with van der Waals surface area (Å²) in [5, 5.41) is 0. The van der Waals surface area contributed by atoms with Gasteiger partial charge in [0, 0.05) is 32.7 Å². The first-order valence-corrected chi connectivity index (χ1v) is 4.95. The highest BCUT2D eigenvalue weighted by molar-refractivity contribution is 5.95. The Labute approximate surface area is 89.0 Å². The molecule has 15 heavy (non-hydrogen) atoms. The lowest BCUT2D eigenvalue weighted by Gasteiger charge is -2.14. The largest absolute Gasteiger partial charge is 0.346 e. The number of aryl methyl sites for hydroxylation is 1. The van der Waals surface area contributed by atoms with Crippen LogP contribution in [0.2, 0.25) is 0 Å². The maximum Gasteiger partial charge on any atom is 0.254 e. The van der Waals surface area contributed by atoms with Crippen LogP contribution in [-0.4, -0.2) is 34.8 Å². The highest BCUT2D eigenvalue weighted by Gasteiger charge is 2.23. The summed E-state index contributed by atoms with van der Waals surface area (Å²) < 4.78 is 12.0. The molecule has 0 N–H and O–H groups in total. The van der Waals surface area contributed by atoms with E-state index in [1.807, 2.05) is 13.8 Å². The Hall–Kier alpha value is -1.20. The van der Waals surface area contributed by atoms with Crippen molar-refractivity contribution in [2.24, 2.45) is 7.05 Å². The van der Waals surface area contributed by atoms with E-state index in [2.05, 4.69) is 4.98 Å². The molecule has 1 aromatic heterocycles. The summed E-state index contributed by atoms with van der Waals surface area (Å²) in [7, 11) is 1.76. The lowest BCUT2D eigenvalue weighted by atomic mass is 10.3. The number of carbonyl (C=O) groups is 1. The predicted octanol–water partition coefficient (Wildman–Crippen LogP) is 1.00. The molecule has 0 radical (unpaired) electrons. The van der Waals surface area contributed by atoms with Crippen LogP contribution in [0, 0.1) is 0 Å². The van der Waals surface area contributed by atoms with Gasteiger partial charge in [0.2, 0.25) is 6.29 Å². The van der Waals surface area contributed by atoms with Crippen LogP contribution >= 0.6 is 0 Å². The smallest absolute Gasteiger partial charge is 0.254 e. The third-order valence-corrected chi connectivity index (χ3v) is 1.89. The van der Waals surface area contributed by atoms with Crippen molar-refractivity contribution in [1.29, 1.82) is 0 Å². The molecule has 0 aliphatic carbocycles. The maximum absolute atomic E-state index is 11.9. The molecule has 0 bridgehead atoms. The number of ether oxygens (including phenoxy) is 2. The molecule has 5 nitrogen and oxygen atoms in total. The summed E-state index contributed by atoms with van der Waals surface area (Å²) in [6.45, 7) is 4.50. The number of carbonyl (C=O) groups excluding carboxylic acids is 1. The second-order valence-electron chi connectivity index (χ2n) is 2.97. The van der Waals surface area contributed by atoms with E-state index >= 15 is 0 Å². The second-order valence-corrected chi connectivity index (χ2v) is 2.97. The minimum atomic E-state index is -0.846. The molecule has 0 spiro atoms. The fraction of sp³-hybridized carbons (Fsp3) is 0.600. The fourth-order valence-electron chi connectivity index (χ4n) is 1.21. The molecule has 0 atom stereocenters. The van der Waals surface area contributed by atoms with Crippen molar-refractivity contribution >= 4 is 5.78 Å². The number of aromatic nitrogens is 2. The van der Waals surface area contributed by atoms with Crippen LogP contribution in [0.4, 0.5) is 0 Å². The van der Waals surface area contributed by atoms with Gasteiger partial charge in [-0.25, -0.2) is 4.98 Å². The van der Waals surface area contributed by atoms with E-state index in [0.29, 0.717) is 19.0 Å². The molecule has 1 aromatic rings. The molecule has 5 heteroatoms. The van der Waals surface area contributed by atoms with Crippen molar-refractivity contribution in [3.05, 3.63) is 18.2 Å². The monoisotopic (exact) mass is 212 g/mol. The van der Waals surface area contributed by atoms with Gasteiger partial charge in [-0.15, -0.1) is 0 Å². The molecule has 0 unspecified atom stereocenters. The minimum absolute atomic E-state index is 0.244. The summed E-state index contributed by atoms with van der Waals surface area (Å²) >= 11 is 0. The van der Waals surface area contributed by atoms with E-state index in [1.54, 1.807) is 24.0 Å². The predicted molar refractivity (Wildman–Crippen MR) is 54.6 cm³/mol. The van der Waals surface area contributed by atoms with Gasteiger partial charge < -0.3 is 14.0 Å². The third-order valence-electron chi connectivity index (χ3n) is 1.89. The van der Waals surface area contributed by atoms with Crippen molar-refractivity contribution in [2.75, 3.05) is 13.2 Å². The molecule has 0 amide bonds. The summed E-state index contributed by atoms with van der Waals surface area (Å²) in [6, 6.07) is 0. The van der Waals surface area contributed by atoms with Crippen LogP contribution in [0.25, 0.3) is 0 Å². The van der Waals surface area contributed by atoms with E-state index < -0.39 is 6.29 Å². The number of ketones is 1. The van der Waals surface area contributed by atoms with E-state index in [0.717, 1.165) is 0 Å². The van der Waals surface area contributed by atoms with E-state index in [4.69, 9.17) is 9.47 Å². The molecule has 1 rings (SSSR count). The normalized spacial score (nSPS) is 10.9. The van der Waals surface area contributed by atoms with Gasteiger partial charge in [0.25, 0.3) is 5.78 Å². The molecule has 0 aliphatic rings. The van der Waals surface area contributed by atoms with Crippen molar-refractivity contribution in [3.63, 3.8) is 0 Å². The van der Waals surface area contributed by atoms with Gasteiger partial charge in [0.05, 0.1) is 0 Å². The number of hydrogen-bond acceptors (Lipinski definition) is 4. The lowest BCUT2D eigenvalue weighted by molar-refractivity contribution is -0.108. The summed E-state index contributed by atoms with van der Waals surface area (Å²) in [5.74, 6) is 0.105. The molecule has 84 valence electrons. The number of imidazole rings is 1. The Kier molecular flexibility index (Phi) is 4.45. The first-order valence-electron chi connectivity index (χ1n) is 4.95.